The molecule has 1 fully saturated rings. The molecular weight excluding hydrogens is 356 g/mol. The van der Waals surface area contributed by atoms with E-state index in [1.165, 1.54) is 11.3 Å². The van der Waals surface area contributed by atoms with Crippen LogP contribution in [0.15, 0.2) is 29.8 Å². The quantitative estimate of drug-likeness (QED) is 0.518. The molecule has 0 bridgehead atoms. The lowest BCUT2D eigenvalue weighted by molar-refractivity contribution is -0.389. The van der Waals surface area contributed by atoms with Crippen molar-refractivity contribution in [3.8, 4) is 11.5 Å². The normalized spacial score (nSPS) is 19.2. The predicted octanol–water partition coefficient (Wildman–Crippen LogP) is 3.42. The summed E-state index contributed by atoms with van der Waals surface area (Å²) in [4.78, 5) is 18.6. The molecule has 9 heteroatoms. The van der Waals surface area contributed by atoms with Crippen LogP contribution in [0.4, 0.5) is 11.6 Å². The van der Waals surface area contributed by atoms with Gasteiger partial charge in [0.2, 0.25) is 5.82 Å². The van der Waals surface area contributed by atoms with Crippen molar-refractivity contribution in [2.45, 2.75) is 18.9 Å². The Kier molecular flexibility index (Phi) is 3.49. The van der Waals surface area contributed by atoms with Crippen molar-refractivity contribution < 1.29 is 14.4 Å². The molecule has 0 spiro atoms. The van der Waals surface area contributed by atoms with Gasteiger partial charge in [-0.25, -0.2) is 0 Å². The highest BCUT2D eigenvalue weighted by Gasteiger charge is 2.35. The van der Waals surface area contributed by atoms with Gasteiger partial charge in [0.05, 0.1) is 6.04 Å². The maximum Gasteiger partial charge on any atom is 0.373 e. The lowest BCUT2D eigenvalue weighted by Gasteiger charge is -2.26. The molecule has 1 saturated heterocycles. The number of anilines is 1. The average Bonchev–Trinajstić information content (AvgIpc) is 3.35. The second-order valence-corrected chi connectivity index (χ2v) is 7.20. The van der Waals surface area contributed by atoms with Crippen molar-refractivity contribution in [1.29, 1.82) is 0 Å². The molecule has 2 aliphatic rings. The van der Waals surface area contributed by atoms with Crippen molar-refractivity contribution in [2.24, 2.45) is 0 Å². The van der Waals surface area contributed by atoms with E-state index in [2.05, 4.69) is 4.98 Å². The summed E-state index contributed by atoms with van der Waals surface area (Å²) in [6.45, 7) is 1.83. The Morgan fingerprint density at radius 2 is 2.12 bits per heavy atom. The average molecular weight is 372 g/mol. The summed E-state index contributed by atoms with van der Waals surface area (Å²) in [6, 6.07) is 5.96. The van der Waals surface area contributed by atoms with E-state index in [0.717, 1.165) is 36.4 Å². The van der Waals surface area contributed by atoms with Gasteiger partial charge in [0.15, 0.2) is 11.5 Å². The van der Waals surface area contributed by atoms with Crippen LogP contribution < -0.4 is 14.4 Å². The summed E-state index contributed by atoms with van der Waals surface area (Å²) >= 11 is 1.40. The van der Waals surface area contributed by atoms with Crippen LogP contribution in [0.2, 0.25) is 0 Å². The first kappa shape index (κ1) is 15.4. The van der Waals surface area contributed by atoms with Gasteiger partial charge < -0.3 is 24.5 Å². The zero-order valence-corrected chi connectivity index (χ0v) is 14.6. The van der Waals surface area contributed by atoms with Gasteiger partial charge in [-0.15, -0.1) is 0 Å². The maximum absolute atomic E-state index is 11.7. The van der Waals surface area contributed by atoms with Crippen LogP contribution >= 0.6 is 11.3 Å². The Labute approximate surface area is 152 Å². The molecule has 5 rings (SSSR count). The van der Waals surface area contributed by atoms with E-state index in [-0.39, 0.29) is 16.8 Å². The van der Waals surface area contributed by atoms with Crippen LogP contribution in [-0.4, -0.2) is 34.1 Å². The topological polar surface area (TPSA) is 82.1 Å². The highest BCUT2D eigenvalue weighted by molar-refractivity contribution is 7.15. The molecule has 0 amide bonds. The molecule has 3 aromatic rings. The molecular formula is C17H16N4O4S. The van der Waals surface area contributed by atoms with E-state index >= 15 is 0 Å². The lowest BCUT2D eigenvalue weighted by atomic mass is 10.0. The Morgan fingerprint density at radius 1 is 1.27 bits per heavy atom. The summed E-state index contributed by atoms with van der Waals surface area (Å²) in [5.74, 6) is 1.96. The molecule has 4 heterocycles. The Morgan fingerprint density at radius 3 is 2.96 bits per heavy atom. The summed E-state index contributed by atoms with van der Waals surface area (Å²) in [5, 5.41) is 13.5. The van der Waals surface area contributed by atoms with Crippen molar-refractivity contribution in [1.82, 2.24) is 9.38 Å². The number of benzene rings is 1. The predicted molar refractivity (Wildman–Crippen MR) is 96.5 cm³/mol. The zero-order chi connectivity index (χ0) is 17.7. The van der Waals surface area contributed by atoms with Crippen LogP contribution in [0.1, 0.15) is 24.4 Å². The molecule has 8 nitrogen and oxygen atoms in total. The van der Waals surface area contributed by atoms with E-state index in [4.69, 9.17) is 9.47 Å². The number of thiazole rings is 1. The smallest absolute Gasteiger partial charge is 0.373 e. The summed E-state index contributed by atoms with van der Waals surface area (Å²) in [7, 11) is 0. The number of aromatic nitrogens is 2. The van der Waals surface area contributed by atoms with Crippen molar-refractivity contribution >= 4 is 27.9 Å². The molecule has 1 aromatic carbocycles. The number of nitrogens with zero attached hydrogens (tertiary/aromatic N) is 4. The standard InChI is InChI=1S/C17H16N4O4S/c22-21(23)16-15(18-17-20(16)6-9-26-17)19-5-1-2-12(19)11-3-4-13-14(10-11)25-8-7-24-13/h3-4,6,9-10,12H,1-2,5,7-8H2. The van der Waals surface area contributed by atoms with E-state index in [0.29, 0.717) is 24.0 Å². The van der Waals surface area contributed by atoms with Crippen molar-refractivity contribution in [3.05, 3.63) is 45.5 Å². The Hall–Kier alpha value is -2.81. The van der Waals surface area contributed by atoms with Gasteiger partial charge in [0.25, 0.3) is 4.96 Å². The minimum absolute atomic E-state index is 0.0330. The highest BCUT2D eigenvalue weighted by atomic mass is 32.1. The van der Waals surface area contributed by atoms with E-state index < -0.39 is 0 Å². The van der Waals surface area contributed by atoms with Gasteiger partial charge in [-0.2, -0.15) is 9.38 Å². The second kappa shape index (κ2) is 5.87. The van der Waals surface area contributed by atoms with Crippen LogP contribution in [0.3, 0.4) is 0 Å². The van der Waals surface area contributed by atoms with E-state index in [1.807, 2.05) is 23.1 Å². The molecule has 134 valence electrons. The Bertz CT molecular complexity index is 998. The number of fused-ring (bicyclic) bond motifs is 2. The fourth-order valence-electron chi connectivity index (χ4n) is 3.76. The molecule has 0 saturated carbocycles. The van der Waals surface area contributed by atoms with Gasteiger partial charge >= 0.3 is 5.82 Å². The number of imidazole rings is 1. The molecule has 1 atom stereocenters. The molecule has 0 radical (unpaired) electrons. The SMILES string of the molecule is O=[N+]([O-])c1c(N2CCCC2c2ccc3c(c2)OCCO3)nc2sccn12. The van der Waals surface area contributed by atoms with Gasteiger partial charge in [0, 0.05) is 11.9 Å². The fraction of sp³-hybridized carbons (Fsp3) is 0.353. The van der Waals surface area contributed by atoms with Crippen LogP contribution in [0.25, 0.3) is 4.96 Å². The minimum Gasteiger partial charge on any atom is -0.486 e. The van der Waals surface area contributed by atoms with Crippen LogP contribution in [0.5, 0.6) is 11.5 Å². The van der Waals surface area contributed by atoms with Crippen LogP contribution in [-0.2, 0) is 0 Å². The second-order valence-electron chi connectivity index (χ2n) is 6.33. The van der Waals surface area contributed by atoms with Gasteiger partial charge in [0.1, 0.15) is 19.4 Å². The Balaban J connectivity index is 1.56. The van der Waals surface area contributed by atoms with Crippen LogP contribution in [0, 0.1) is 10.1 Å². The van der Waals surface area contributed by atoms with Crippen molar-refractivity contribution in [2.75, 3.05) is 24.7 Å². The zero-order valence-electron chi connectivity index (χ0n) is 13.8. The van der Waals surface area contributed by atoms with Gasteiger partial charge in [-0.3, -0.25) is 0 Å². The third kappa shape index (κ3) is 2.31. The van der Waals surface area contributed by atoms with Gasteiger partial charge in [-0.05, 0) is 35.5 Å². The lowest BCUT2D eigenvalue weighted by Crippen LogP contribution is -2.24. The minimum atomic E-state index is -0.346. The number of nitro groups is 1. The molecule has 0 N–H and O–H groups in total. The van der Waals surface area contributed by atoms with E-state index in [9.17, 15) is 10.1 Å². The number of ether oxygens (including phenoxy) is 2. The first-order chi connectivity index (χ1) is 12.7. The molecule has 0 aliphatic carbocycles. The number of rotatable bonds is 3. The van der Waals surface area contributed by atoms with Gasteiger partial charge in [-0.1, -0.05) is 17.4 Å². The molecule has 2 aliphatic heterocycles. The molecule has 2 aromatic heterocycles. The van der Waals surface area contributed by atoms with E-state index in [1.54, 1.807) is 16.0 Å². The first-order valence-electron chi connectivity index (χ1n) is 8.48. The van der Waals surface area contributed by atoms with Crippen molar-refractivity contribution in [3.63, 3.8) is 0 Å². The number of hydrogen-bond acceptors (Lipinski definition) is 7. The fourth-order valence-corrected chi connectivity index (χ4v) is 4.46. The maximum atomic E-state index is 11.7. The highest BCUT2D eigenvalue weighted by Crippen LogP contribution is 2.43. The largest absolute Gasteiger partial charge is 0.486 e. The third-order valence-corrected chi connectivity index (χ3v) is 5.62. The number of hydrogen-bond donors (Lipinski definition) is 0. The monoisotopic (exact) mass is 372 g/mol. The molecule has 26 heavy (non-hydrogen) atoms. The molecule has 1 unspecified atom stereocenters. The summed E-state index contributed by atoms with van der Waals surface area (Å²) in [5.41, 5.74) is 1.07. The summed E-state index contributed by atoms with van der Waals surface area (Å²) < 4.78 is 12.8. The first-order valence-corrected chi connectivity index (χ1v) is 9.36. The third-order valence-electron chi connectivity index (χ3n) is 4.87. The summed E-state index contributed by atoms with van der Waals surface area (Å²) in [6.07, 6.45) is 3.58.